The summed E-state index contributed by atoms with van der Waals surface area (Å²) >= 11 is 0. The average molecular weight is 361 g/mol. The van der Waals surface area contributed by atoms with Crippen molar-refractivity contribution in [2.45, 2.75) is 13.3 Å². The van der Waals surface area contributed by atoms with Gasteiger partial charge in [0.1, 0.15) is 17.7 Å². The van der Waals surface area contributed by atoms with E-state index in [1.54, 1.807) is 26.6 Å². The maximum absolute atomic E-state index is 5.31. The summed E-state index contributed by atoms with van der Waals surface area (Å²) in [6.07, 6.45) is 7.61. The minimum Gasteiger partial charge on any atom is -0.495 e. The summed E-state index contributed by atoms with van der Waals surface area (Å²) in [6.45, 7) is 2.00. The molecule has 7 heteroatoms. The van der Waals surface area contributed by atoms with Gasteiger partial charge in [0.2, 0.25) is 5.88 Å². The van der Waals surface area contributed by atoms with Gasteiger partial charge in [0.15, 0.2) is 0 Å². The van der Waals surface area contributed by atoms with Crippen molar-refractivity contribution in [3.63, 3.8) is 0 Å². The molecule has 0 aliphatic carbocycles. The molecule has 4 heterocycles. The second-order valence-electron chi connectivity index (χ2n) is 6.15. The van der Waals surface area contributed by atoms with E-state index in [4.69, 9.17) is 14.5 Å². The zero-order valence-electron chi connectivity index (χ0n) is 15.4. The van der Waals surface area contributed by atoms with Crippen molar-refractivity contribution >= 4 is 11.0 Å². The van der Waals surface area contributed by atoms with E-state index in [1.165, 1.54) is 6.33 Å². The highest BCUT2D eigenvalue weighted by atomic mass is 16.5. The Labute approximate surface area is 156 Å². The predicted octanol–water partition coefficient (Wildman–Crippen LogP) is 3.33. The van der Waals surface area contributed by atoms with Gasteiger partial charge in [-0.1, -0.05) is 6.07 Å². The van der Waals surface area contributed by atoms with Crippen molar-refractivity contribution in [2.24, 2.45) is 0 Å². The molecule has 0 saturated carbocycles. The number of nitrogens with zero attached hydrogens (tertiary/aromatic N) is 4. The minimum absolute atomic E-state index is 0.513. The molecule has 1 N–H and O–H groups in total. The maximum Gasteiger partial charge on any atom is 0.225 e. The van der Waals surface area contributed by atoms with Gasteiger partial charge in [-0.15, -0.1) is 0 Å². The summed E-state index contributed by atoms with van der Waals surface area (Å²) < 4.78 is 10.6. The molecule has 0 aromatic carbocycles. The number of ether oxygens (including phenoxy) is 2. The molecular formula is C20H19N5O2. The molecule has 7 nitrogen and oxygen atoms in total. The third kappa shape index (κ3) is 3.19. The molecule has 4 aromatic rings. The third-order valence-electron chi connectivity index (χ3n) is 4.55. The lowest BCUT2D eigenvalue weighted by Crippen LogP contribution is -1.98. The number of H-pyrrole nitrogens is 1. The van der Waals surface area contributed by atoms with Crippen molar-refractivity contribution in [3.05, 3.63) is 59.9 Å². The molecule has 0 fully saturated rings. The Hall–Kier alpha value is -3.48. The van der Waals surface area contributed by atoms with Crippen LogP contribution >= 0.6 is 0 Å². The van der Waals surface area contributed by atoms with E-state index in [-0.39, 0.29) is 0 Å². The Morgan fingerprint density at radius 3 is 2.70 bits per heavy atom. The number of hydrogen-bond acceptors (Lipinski definition) is 6. The standard InChI is InChI=1S/C20H19N5O2/c1-12-13(4-5-18(25-12)17-10-21-11-24-20(17)27-3)6-14-8-22-19-16(14)7-15(26-2)9-23-19/h4-5,7-11H,6H2,1-3H3,(H,22,23). The number of methoxy groups -OCH3 is 2. The summed E-state index contributed by atoms with van der Waals surface area (Å²) in [5.74, 6) is 1.25. The fraction of sp³-hybridized carbons (Fsp3) is 0.200. The lowest BCUT2D eigenvalue weighted by atomic mass is 10.0. The van der Waals surface area contributed by atoms with Crippen LogP contribution in [0.2, 0.25) is 0 Å². The Balaban J connectivity index is 1.68. The number of aromatic nitrogens is 5. The van der Waals surface area contributed by atoms with Crippen LogP contribution < -0.4 is 9.47 Å². The Morgan fingerprint density at radius 2 is 1.93 bits per heavy atom. The number of pyridine rings is 2. The molecule has 0 unspecified atom stereocenters. The summed E-state index contributed by atoms with van der Waals surface area (Å²) in [5.41, 5.74) is 5.64. The largest absolute Gasteiger partial charge is 0.495 e. The van der Waals surface area contributed by atoms with Gasteiger partial charge in [0.25, 0.3) is 0 Å². The molecule has 4 aromatic heterocycles. The van der Waals surface area contributed by atoms with Gasteiger partial charge in [0.05, 0.1) is 31.7 Å². The van der Waals surface area contributed by atoms with E-state index in [0.717, 1.165) is 51.3 Å². The van der Waals surface area contributed by atoms with Crippen LogP contribution in [0.1, 0.15) is 16.8 Å². The smallest absolute Gasteiger partial charge is 0.225 e. The first-order valence-corrected chi connectivity index (χ1v) is 8.50. The molecule has 0 amide bonds. The van der Waals surface area contributed by atoms with Crippen molar-refractivity contribution in [1.82, 2.24) is 24.9 Å². The van der Waals surface area contributed by atoms with Crippen LogP contribution in [0.15, 0.2) is 43.1 Å². The van der Waals surface area contributed by atoms with E-state index in [0.29, 0.717) is 5.88 Å². The second kappa shape index (κ2) is 7.03. The normalized spacial score (nSPS) is 10.9. The molecule has 0 bridgehead atoms. The van der Waals surface area contributed by atoms with E-state index in [1.807, 2.05) is 25.3 Å². The molecule has 0 radical (unpaired) electrons. The van der Waals surface area contributed by atoms with Crippen molar-refractivity contribution < 1.29 is 9.47 Å². The van der Waals surface area contributed by atoms with E-state index >= 15 is 0 Å². The molecule has 0 spiro atoms. The summed E-state index contributed by atoms with van der Waals surface area (Å²) in [6, 6.07) is 6.05. The van der Waals surface area contributed by atoms with Gasteiger partial charge in [-0.2, -0.15) is 0 Å². The van der Waals surface area contributed by atoms with E-state index in [9.17, 15) is 0 Å². The first-order valence-electron chi connectivity index (χ1n) is 8.50. The van der Waals surface area contributed by atoms with Gasteiger partial charge in [-0.25, -0.2) is 15.0 Å². The first kappa shape index (κ1) is 17.0. The number of nitrogens with one attached hydrogen (secondary N) is 1. The fourth-order valence-corrected chi connectivity index (χ4v) is 3.09. The quantitative estimate of drug-likeness (QED) is 0.587. The highest BCUT2D eigenvalue weighted by Gasteiger charge is 2.12. The molecule has 27 heavy (non-hydrogen) atoms. The van der Waals surface area contributed by atoms with Crippen LogP contribution in [-0.2, 0) is 6.42 Å². The lowest BCUT2D eigenvalue weighted by molar-refractivity contribution is 0.398. The average Bonchev–Trinajstić information content (AvgIpc) is 3.11. The van der Waals surface area contributed by atoms with Crippen LogP contribution in [0.4, 0.5) is 0 Å². The van der Waals surface area contributed by atoms with Crippen LogP contribution in [-0.4, -0.2) is 39.1 Å². The monoisotopic (exact) mass is 361 g/mol. The van der Waals surface area contributed by atoms with Gasteiger partial charge in [-0.05, 0) is 30.2 Å². The van der Waals surface area contributed by atoms with Crippen LogP contribution in [0.25, 0.3) is 22.3 Å². The Bertz CT molecular complexity index is 1110. The molecule has 0 aliphatic heterocycles. The lowest BCUT2D eigenvalue weighted by Gasteiger charge is -2.09. The zero-order valence-corrected chi connectivity index (χ0v) is 15.4. The zero-order chi connectivity index (χ0) is 18.8. The second-order valence-corrected chi connectivity index (χ2v) is 6.15. The van der Waals surface area contributed by atoms with Gasteiger partial charge < -0.3 is 14.5 Å². The van der Waals surface area contributed by atoms with E-state index in [2.05, 4.69) is 26.0 Å². The molecule has 0 saturated heterocycles. The summed E-state index contributed by atoms with van der Waals surface area (Å²) in [4.78, 5) is 20.6. The molecule has 136 valence electrons. The first-order chi connectivity index (χ1) is 13.2. The third-order valence-corrected chi connectivity index (χ3v) is 4.55. The van der Waals surface area contributed by atoms with Gasteiger partial charge in [0, 0.05) is 29.9 Å². The van der Waals surface area contributed by atoms with E-state index < -0.39 is 0 Å². The maximum atomic E-state index is 5.31. The van der Waals surface area contributed by atoms with Gasteiger partial charge >= 0.3 is 0 Å². The van der Waals surface area contributed by atoms with Crippen LogP contribution in [0.3, 0.4) is 0 Å². The highest BCUT2D eigenvalue weighted by Crippen LogP contribution is 2.28. The topological polar surface area (TPSA) is 85.8 Å². The molecular weight excluding hydrogens is 342 g/mol. The molecule has 0 atom stereocenters. The van der Waals surface area contributed by atoms with Crippen molar-refractivity contribution in [3.8, 4) is 22.9 Å². The Kier molecular flexibility index (Phi) is 4.42. The molecule has 0 aliphatic rings. The molecule has 4 rings (SSSR count). The number of rotatable bonds is 5. The number of fused-ring (bicyclic) bond motifs is 1. The summed E-state index contributed by atoms with van der Waals surface area (Å²) in [5, 5.41) is 1.05. The fourth-order valence-electron chi connectivity index (χ4n) is 3.09. The van der Waals surface area contributed by atoms with Crippen LogP contribution in [0.5, 0.6) is 11.6 Å². The number of aryl methyl sites for hydroxylation is 1. The number of aromatic amines is 1. The van der Waals surface area contributed by atoms with Crippen LogP contribution in [0, 0.1) is 6.92 Å². The highest BCUT2D eigenvalue weighted by molar-refractivity contribution is 5.81. The predicted molar refractivity (Wildman–Crippen MR) is 102 cm³/mol. The summed E-state index contributed by atoms with van der Waals surface area (Å²) in [7, 11) is 3.23. The minimum atomic E-state index is 0.513. The van der Waals surface area contributed by atoms with Gasteiger partial charge in [-0.3, -0.25) is 4.98 Å². The SMILES string of the molecule is COc1cnc2[nH]cc(Cc3ccc(-c4cncnc4OC)nc3C)c2c1. The van der Waals surface area contributed by atoms with Crippen molar-refractivity contribution in [1.29, 1.82) is 0 Å². The van der Waals surface area contributed by atoms with Crippen molar-refractivity contribution in [2.75, 3.05) is 14.2 Å². The number of hydrogen-bond donors (Lipinski definition) is 1. The Morgan fingerprint density at radius 1 is 1.04 bits per heavy atom.